The molecule has 1 fully saturated rings. The first-order valence-electron chi connectivity index (χ1n) is 11.0. The van der Waals surface area contributed by atoms with E-state index in [1.54, 1.807) is 24.3 Å². The number of methoxy groups -OCH3 is 1. The van der Waals surface area contributed by atoms with Crippen molar-refractivity contribution in [1.29, 1.82) is 0 Å². The molecule has 1 saturated heterocycles. The number of anilines is 1. The van der Waals surface area contributed by atoms with Crippen LogP contribution >= 0.6 is 0 Å². The first-order valence-corrected chi connectivity index (χ1v) is 11.0. The number of nitrogens with one attached hydrogen (secondary N) is 2. The highest BCUT2D eigenvalue weighted by molar-refractivity contribution is 6.08. The van der Waals surface area contributed by atoms with Crippen molar-refractivity contribution in [3.05, 3.63) is 83.8 Å². The van der Waals surface area contributed by atoms with Crippen molar-refractivity contribution >= 4 is 17.6 Å². The Morgan fingerprint density at radius 2 is 1.67 bits per heavy atom. The molecule has 8 heteroatoms. The molecule has 0 bridgehead atoms. The number of benzene rings is 2. The summed E-state index contributed by atoms with van der Waals surface area (Å²) in [6.45, 7) is 2.71. The fourth-order valence-corrected chi connectivity index (χ4v) is 3.93. The SMILES string of the molecule is COc1ccccc1C(=O)Nc1nccnc1C(=O)NC1CCN(Cc2ccccc2)CC1. The van der Waals surface area contributed by atoms with Gasteiger partial charge in [0.05, 0.1) is 12.7 Å². The number of amides is 2. The second kappa shape index (κ2) is 10.7. The highest BCUT2D eigenvalue weighted by Gasteiger charge is 2.24. The number of rotatable bonds is 7. The van der Waals surface area contributed by atoms with Gasteiger partial charge in [-0.25, -0.2) is 9.97 Å². The zero-order valence-electron chi connectivity index (χ0n) is 18.5. The van der Waals surface area contributed by atoms with Crippen LogP contribution in [0.2, 0.25) is 0 Å². The molecule has 0 unspecified atom stereocenters. The summed E-state index contributed by atoms with van der Waals surface area (Å²) in [4.78, 5) is 36.4. The third-order valence-electron chi connectivity index (χ3n) is 5.67. The smallest absolute Gasteiger partial charge is 0.273 e. The maximum Gasteiger partial charge on any atom is 0.273 e. The first-order chi connectivity index (χ1) is 16.1. The fourth-order valence-electron chi connectivity index (χ4n) is 3.93. The van der Waals surface area contributed by atoms with Crippen molar-refractivity contribution in [3.8, 4) is 5.75 Å². The van der Waals surface area contributed by atoms with E-state index in [0.717, 1.165) is 32.5 Å². The molecule has 2 N–H and O–H groups in total. The van der Waals surface area contributed by atoms with E-state index in [4.69, 9.17) is 4.74 Å². The van der Waals surface area contributed by atoms with Crippen LogP contribution in [0.5, 0.6) is 5.75 Å². The lowest BCUT2D eigenvalue weighted by atomic mass is 10.0. The molecule has 1 aliphatic rings. The fraction of sp³-hybridized carbons (Fsp3) is 0.280. The van der Waals surface area contributed by atoms with Gasteiger partial charge in [-0.3, -0.25) is 14.5 Å². The number of aromatic nitrogens is 2. The first kappa shape index (κ1) is 22.4. The predicted octanol–water partition coefficient (Wildman–Crippen LogP) is 3.13. The van der Waals surface area contributed by atoms with Gasteiger partial charge in [0.1, 0.15) is 5.75 Å². The molecule has 2 amide bonds. The summed E-state index contributed by atoms with van der Waals surface area (Å²) < 4.78 is 5.25. The Bertz CT molecular complexity index is 1100. The number of hydrogen-bond donors (Lipinski definition) is 2. The molecular weight excluding hydrogens is 418 g/mol. The van der Waals surface area contributed by atoms with E-state index in [1.807, 2.05) is 18.2 Å². The quantitative estimate of drug-likeness (QED) is 0.580. The van der Waals surface area contributed by atoms with Crippen LogP contribution in [-0.2, 0) is 6.54 Å². The lowest BCUT2D eigenvalue weighted by Gasteiger charge is -2.32. The molecule has 2 heterocycles. The minimum absolute atomic E-state index is 0.0456. The molecule has 2 aromatic carbocycles. The summed E-state index contributed by atoms with van der Waals surface area (Å²) in [6.07, 6.45) is 4.58. The summed E-state index contributed by atoms with van der Waals surface area (Å²) in [5, 5.41) is 5.74. The Balaban J connectivity index is 1.36. The Morgan fingerprint density at radius 1 is 0.970 bits per heavy atom. The van der Waals surface area contributed by atoms with Crippen molar-refractivity contribution in [2.24, 2.45) is 0 Å². The number of piperidine rings is 1. The van der Waals surface area contributed by atoms with E-state index in [2.05, 4.69) is 37.6 Å². The number of ether oxygens (including phenoxy) is 1. The number of para-hydroxylation sites is 1. The Morgan fingerprint density at radius 3 is 2.42 bits per heavy atom. The summed E-state index contributed by atoms with van der Waals surface area (Å²) in [5.74, 6) is -0.212. The van der Waals surface area contributed by atoms with Crippen LogP contribution in [0.25, 0.3) is 0 Å². The zero-order chi connectivity index (χ0) is 23.0. The van der Waals surface area contributed by atoms with Gasteiger partial charge >= 0.3 is 0 Å². The summed E-state index contributed by atoms with van der Waals surface area (Å²) in [6, 6.07) is 17.3. The molecule has 0 saturated carbocycles. The average Bonchev–Trinajstić information content (AvgIpc) is 2.86. The van der Waals surface area contributed by atoms with Crippen LogP contribution in [0, 0.1) is 0 Å². The van der Waals surface area contributed by atoms with Gasteiger partial charge in [-0.05, 0) is 30.5 Å². The number of carbonyl (C=O) groups excluding carboxylic acids is 2. The van der Waals surface area contributed by atoms with Crippen LogP contribution < -0.4 is 15.4 Å². The highest BCUT2D eigenvalue weighted by Crippen LogP contribution is 2.20. The van der Waals surface area contributed by atoms with E-state index >= 15 is 0 Å². The summed E-state index contributed by atoms with van der Waals surface area (Å²) in [5.41, 5.74) is 1.73. The van der Waals surface area contributed by atoms with E-state index in [0.29, 0.717) is 11.3 Å². The molecule has 170 valence electrons. The molecule has 3 aromatic rings. The Labute approximate surface area is 193 Å². The van der Waals surface area contributed by atoms with Crippen LogP contribution in [0.4, 0.5) is 5.82 Å². The molecule has 8 nitrogen and oxygen atoms in total. The molecular formula is C25H27N5O3. The predicted molar refractivity (Wildman–Crippen MR) is 125 cm³/mol. The van der Waals surface area contributed by atoms with Crippen molar-refractivity contribution in [2.45, 2.75) is 25.4 Å². The molecule has 0 radical (unpaired) electrons. The maximum absolute atomic E-state index is 12.9. The largest absolute Gasteiger partial charge is 0.496 e. The molecule has 33 heavy (non-hydrogen) atoms. The van der Waals surface area contributed by atoms with Crippen molar-refractivity contribution in [1.82, 2.24) is 20.2 Å². The van der Waals surface area contributed by atoms with Crippen LogP contribution in [0.1, 0.15) is 39.3 Å². The molecule has 1 aromatic heterocycles. The van der Waals surface area contributed by atoms with Crippen LogP contribution in [0.15, 0.2) is 67.0 Å². The molecule has 1 aliphatic heterocycles. The summed E-state index contributed by atoms with van der Waals surface area (Å²) in [7, 11) is 1.50. The van der Waals surface area contributed by atoms with Gasteiger partial charge in [0.15, 0.2) is 11.5 Å². The number of likely N-dealkylation sites (tertiary alicyclic amines) is 1. The third kappa shape index (κ3) is 5.72. The second-order valence-corrected chi connectivity index (χ2v) is 7.92. The lowest BCUT2D eigenvalue weighted by Crippen LogP contribution is -2.44. The van der Waals surface area contributed by atoms with Crippen molar-refractivity contribution in [3.63, 3.8) is 0 Å². The normalized spacial score (nSPS) is 14.5. The summed E-state index contributed by atoms with van der Waals surface area (Å²) >= 11 is 0. The van der Waals surface area contributed by atoms with Gasteiger partial charge in [-0.1, -0.05) is 42.5 Å². The van der Waals surface area contributed by atoms with Gasteiger partial charge in [0.25, 0.3) is 11.8 Å². The standard InChI is InChI=1S/C25H27N5O3/c1-33-21-10-6-5-9-20(21)24(31)29-23-22(26-13-14-27-23)25(32)28-19-11-15-30(16-12-19)17-18-7-3-2-4-8-18/h2-10,13-14,19H,11-12,15-17H2,1H3,(H,28,32)(H,27,29,31). The zero-order valence-corrected chi connectivity index (χ0v) is 18.5. The monoisotopic (exact) mass is 445 g/mol. The Kier molecular flexibility index (Phi) is 7.26. The van der Waals surface area contributed by atoms with E-state index in [1.165, 1.54) is 25.1 Å². The average molecular weight is 446 g/mol. The topological polar surface area (TPSA) is 96.5 Å². The Hall–Kier alpha value is -3.78. The van der Waals surface area contributed by atoms with Gasteiger partial charge in [0, 0.05) is 38.1 Å². The van der Waals surface area contributed by atoms with Crippen LogP contribution in [-0.4, -0.2) is 52.9 Å². The van der Waals surface area contributed by atoms with Crippen molar-refractivity contribution in [2.75, 3.05) is 25.5 Å². The van der Waals surface area contributed by atoms with Gasteiger partial charge in [-0.2, -0.15) is 0 Å². The van der Waals surface area contributed by atoms with Crippen LogP contribution in [0.3, 0.4) is 0 Å². The van der Waals surface area contributed by atoms with Gasteiger partial charge in [0.2, 0.25) is 0 Å². The van der Waals surface area contributed by atoms with Gasteiger partial charge in [-0.15, -0.1) is 0 Å². The third-order valence-corrected chi connectivity index (χ3v) is 5.67. The number of hydrogen-bond acceptors (Lipinski definition) is 6. The molecule has 4 rings (SSSR count). The molecule has 0 spiro atoms. The van der Waals surface area contributed by atoms with E-state index in [9.17, 15) is 9.59 Å². The minimum Gasteiger partial charge on any atom is -0.496 e. The van der Waals surface area contributed by atoms with E-state index < -0.39 is 5.91 Å². The minimum atomic E-state index is -0.420. The lowest BCUT2D eigenvalue weighted by molar-refractivity contribution is 0.0904. The number of nitrogens with zero attached hydrogens (tertiary/aromatic N) is 3. The molecule has 0 aliphatic carbocycles. The van der Waals surface area contributed by atoms with Crippen molar-refractivity contribution < 1.29 is 14.3 Å². The second-order valence-electron chi connectivity index (χ2n) is 7.92. The maximum atomic E-state index is 12.9. The molecule has 0 atom stereocenters. The van der Waals surface area contributed by atoms with E-state index in [-0.39, 0.29) is 23.5 Å². The van der Waals surface area contributed by atoms with Gasteiger partial charge < -0.3 is 15.4 Å². The highest BCUT2D eigenvalue weighted by atomic mass is 16.5. The number of carbonyl (C=O) groups is 2.